The lowest BCUT2D eigenvalue weighted by Gasteiger charge is -2.31. The molecule has 0 N–H and O–H groups in total. The Morgan fingerprint density at radius 1 is 0.431 bits per heavy atom. The fourth-order valence-electron chi connectivity index (χ4n) is 9.52. The number of rotatable bonds is 4. The Bertz CT molecular complexity index is 3290. The predicted molar refractivity (Wildman–Crippen MR) is 230 cm³/mol. The molecule has 2 aromatic heterocycles. The zero-order valence-electron chi connectivity index (χ0n) is 31.0. The van der Waals surface area contributed by atoms with Crippen molar-refractivity contribution in [3.8, 4) is 73.6 Å². The minimum Gasteiger partial charge on any atom is -0.455 e. The van der Waals surface area contributed by atoms with Crippen LogP contribution < -0.4 is 0 Å². The molecule has 1 spiro atoms. The summed E-state index contributed by atoms with van der Waals surface area (Å²) in [6.45, 7) is 0. The van der Waals surface area contributed by atoms with Crippen molar-refractivity contribution in [2.24, 2.45) is 0 Å². The Kier molecular flexibility index (Phi) is 6.84. The van der Waals surface area contributed by atoms with Crippen LogP contribution in [0.1, 0.15) is 27.8 Å². The Balaban J connectivity index is 1.18. The molecule has 0 aliphatic heterocycles. The maximum Gasteiger partial charge on any atom is 0.164 e. The third-order valence-electron chi connectivity index (χ3n) is 12.0. The normalized spacial score (nSPS) is 14.6. The zero-order valence-corrected chi connectivity index (χ0v) is 31.0. The van der Waals surface area contributed by atoms with Gasteiger partial charge in [-0.3, -0.25) is 0 Å². The van der Waals surface area contributed by atoms with Crippen LogP contribution in [0.15, 0.2) is 186 Å². The van der Waals surface area contributed by atoms with Crippen LogP contribution in [0.2, 0.25) is 0 Å². The van der Waals surface area contributed by atoms with Crippen molar-refractivity contribution in [2.45, 2.75) is 5.41 Å². The summed E-state index contributed by atoms with van der Waals surface area (Å²) in [6, 6.07) is 65.5. The number of benzene rings is 8. The second-order valence-corrected chi connectivity index (χ2v) is 15.0. The zero-order chi connectivity index (χ0) is 38.4. The highest BCUT2D eigenvalue weighted by Crippen LogP contribution is 2.65. The van der Waals surface area contributed by atoms with E-state index in [1.54, 1.807) is 0 Å². The Labute approximate surface area is 334 Å². The first kappa shape index (κ1) is 32.3. The first-order chi connectivity index (χ1) is 28.7. The standard InChI is InChI=1S/C53H30N4O/c54-31-32-23-25-33(26-24-32)41-30-45-47(48-40-19-9-12-22-46(40)58-49(41)48)39-18-8-11-21-43(39)53(45)42-20-10-7-17-37(42)38-28-27-36(29-44(38)53)52-56-50(34-13-3-1-4-14-34)55-51(57-52)35-15-5-2-6-16-35/h1-30H. The quantitative estimate of drug-likeness (QED) is 0.180. The summed E-state index contributed by atoms with van der Waals surface area (Å²) in [5.74, 6) is 1.87. The first-order valence-corrected chi connectivity index (χ1v) is 19.4. The molecular formula is C53H30N4O. The lowest BCUT2D eigenvalue weighted by Crippen LogP contribution is -2.26. The van der Waals surface area contributed by atoms with E-state index in [2.05, 4.69) is 97.1 Å². The van der Waals surface area contributed by atoms with Crippen molar-refractivity contribution in [2.75, 3.05) is 0 Å². The molecule has 0 saturated heterocycles. The smallest absolute Gasteiger partial charge is 0.164 e. The monoisotopic (exact) mass is 738 g/mol. The summed E-state index contributed by atoms with van der Waals surface area (Å²) in [4.78, 5) is 15.3. The average molecular weight is 739 g/mol. The largest absolute Gasteiger partial charge is 0.455 e. The molecule has 5 heteroatoms. The molecular weight excluding hydrogens is 709 g/mol. The molecule has 58 heavy (non-hydrogen) atoms. The number of nitriles is 1. The van der Waals surface area contributed by atoms with Gasteiger partial charge in [-0.05, 0) is 80.4 Å². The Hall–Kier alpha value is -7.94. The molecule has 0 bridgehead atoms. The summed E-state index contributed by atoms with van der Waals surface area (Å²) in [5.41, 5.74) is 16.0. The summed E-state index contributed by atoms with van der Waals surface area (Å²) in [5, 5.41) is 11.9. The first-order valence-electron chi connectivity index (χ1n) is 19.4. The summed E-state index contributed by atoms with van der Waals surface area (Å²) >= 11 is 0. The number of nitrogens with zero attached hydrogens (tertiary/aromatic N) is 4. The minimum atomic E-state index is -0.667. The van der Waals surface area contributed by atoms with Gasteiger partial charge in [-0.15, -0.1) is 0 Å². The van der Waals surface area contributed by atoms with E-state index in [0.717, 1.165) is 49.8 Å². The summed E-state index contributed by atoms with van der Waals surface area (Å²) < 4.78 is 6.81. The van der Waals surface area contributed by atoms with Crippen molar-refractivity contribution in [1.82, 2.24) is 15.0 Å². The van der Waals surface area contributed by atoms with Crippen molar-refractivity contribution in [3.63, 3.8) is 0 Å². The van der Waals surface area contributed by atoms with Gasteiger partial charge < -0.3 is 4.42 Å². The lowest BCUT2D eigenvalue weighted by atomic mass is 9.70. The molecule has 0 fully saturated rings. The highest BCUT2D eigenvalue weighted by atomic mass is 16.3. The number of para-hydroxylation sites is 1. The number of furan rings is 1. The lowest BCUT2D eigenvalue weighted by molar-refractivity contribution is 0.669. The molecule has 0 radical (unpaired) electrons. The van der Waals surface area contributed by atoms with Gasteiger partial charge in [-0.1, -0.05) is 152 Å². The van der Waals surface area contributed by atoms with Crippen molar-refractivity contribution < 1.29 is 4.42 Å². The second-order valence-electron chi connectivity index (χ2n) is 15.0. The summed E-state index contributed by atoms with van der Waals surface area (Å²) in [6.07, 6.45) is 0. The van der Waals surface area contributed by atoms with Gasteiger partial charge in [-0.2, -0.15) is 5.26 Å². The van der Waals surface area contributed by atoms with E-state index in [1.165, 1.54) is 44.5 Å². The van der Waals surface area contributed by atoms with E-state index in [9.17, 15) is 5.26 Å². The van der Waals surface area contributed by atoms with Crippen LogP contribution in [0.25, 0.3) is 89.5 Å². The molecule has 1 unspecified atom stereocenters. The number of hydrogen-bond acceptors (Lipinski definition) is 5. The topological polar surface area (TPSA) is 75.6 Å². The van der Waals surface area contributed by atoms with E-state index >= 15 is 0 Å². The van der Waals surface area contributed by atoms with Gasteiger partial charge in [0.15, 0.2) is 17.5 Å². The van der Waals surface area contributed by atoms with E-state index in [4.69, 9.17) is 19.4 Å². The third-order valence-corrected chi connectivity index (χ3v) is 12.0. The molecule has 5 nitrogen and oxygen atoms in total. The maximum absolute atomic E-state index is 9.69. The number of hydrogen-bond donors (Lipinski definition) is 0. The molecule has 0 amide bonds. The number of fused-ring (bicyclic) bond motifs is 14. The van der Waals surface area contributed by atoms with Crippen LogP contribution in [-0.2, 0) is 5.41 Å². The van der Waals surface area contributed by atoms with E-state index in [-0.39, 0.29) is 0 Å². The molecule has 8 aromatic carbocycles. The van der Waals surface area contributed by atoms with Crippen LogP contribution in [-0.4, -0.2) is 15.0 Å². The maximum atomic E-state index is 9.69. The molecule has 0 saturated carbocycles. The van der Waals surface area contributed by atoms with Crippen LogP contribution >= 0.6 is 0 Å². The molecule has 2 aliphatic carbocycles. The van der Waals surface area contributed by atoms with Gasteiger partial charge in [0.25, 0.3) is 0 Å². The van der Waals surface area contributed by atoms with Gasteiger partial charge in [0, 0.05) is 33.0 Å². The average Bonchev–Trinajstić information content (AvgIpc) is 3.93. The van der Waals surface area contributed by atoms with Crippen molar-refractivity contribution in [1.29, 1.82) is 5.26 Å². The van der Waals surface area contributed by atoms with Crippen LogP contribution in [0.5, 0.6) is 0 Å². The summed E-state index contributed by atoms with van der Waals surface area (Å²) in [7, 11) is 0. The predicted octanol–water partition coefficient (Wildman–Crippen LogP) is 12.7. The van der Waals surface area contributed by atoms with Gasteiger partial charge in [0.1, 0.15) is 11.2 Å². The third kappa shape index (κ3) is 4.48. The highest BCUT2D eigenvalue weighted by molar-refractivity contribution is 6.19. The highest BCUT2D eigenvalue weighted by Gasteiger charge is 2.53. The van der Waals surface area contributed by atoms with Crippen LogP contribution in [0.3, 0.4) is 0 Å². The van der Waals surface area contributed by atoms with Crippen molar-refractivity contribution in [3.05, 3.63) is 210 Å². The van der Waals surface area contributed by atoms with E-state index < -0.39 is 5.41 Å². The van der Waals surface area contributed by atoms with Gasteiger partial charge in [-0.25, -0.2) is 15.0 Å². The molecule has 10 aromatic rings. The number of aromatic nitrogens is 3. The SMILES string of the molecule is N#Cc1ccc(-c2cc3c(c4c2oc2ccccc24)-c2ccccc2C32c3ccccc3-c3ccc(-c4nc(-c5ccccc5)nc(-c5ccccc5)n4)cc32)cc1. The van der Waals surface area contributed by atoms with E-state index in [0.29, 0.717) is 23.0 Å². The Morgan fingerprint density at radius 3 is 1.67 bits per heavy atom. The molecule has 2 heterocycles. The molecule has 1 atom stereocenters. The van der Waals surface area contributed by atoms with Gasteiger partial charge in [0.2, 0.25) is 0 Å². The van der Waals surface area contributed by atoms with Gasteiger partial charge in [0.05, 0.1) is 17.0 Å². The van der Waals surface area contributed by atoms with Gasteiger partial charge >= 0.3 is 0 Å². The second kappa shape index (κ2) is 12.3. The van der Waals surface area contributed by atoms with Crippen LogP contribution in [0, 0.1) is 11.3 Å². The minimum absolute atomic E-state index is 0.614. The van der Waals surface area contributed by atoms with Crippen molar-refractivity contribution >= 4 is 21.9 Å². The fraction of sp³-hybridized carbons (Fsp3) is 0.0189. The molecule has 2 aliphatic rings. The molecule has 268 valence electrons. The van der Waals surface area contributed by atoms with E-state index in [1.807, 2.05) is 91.0 Å². The fourth-order valence-corrected chi connectivity index (χ4v) is 9.52. The van der Waals surface area contributed by atoms with Crippen LogP contribution in [0.4, 0.5) is 0 Å². The Morgan fingerprint density at radius 2 is 0.983 bits per heavy atom. The molecule has 12 rings (SSSR count).